The number of nitrogens with one attached hydrogen (secondary N) is 1. The quantitative estimate of drug-likeness (QED) is 0.644. The summed E-state index contributed by atoms with van der Waals surface area (Å²) in [7, 11) is 1.77. The van der Waals surface area contributed by atoms with Gasteiger partial charge in [-0.3, -0.25) is 9.59 Å². The highest BCUT2D eigenvalue weighted by atomic mass is 19.4. The van der Waals surface area contributed by atoms with Gasteiger partial charge in [0.05, 0.1) is 17.3 Å². The number of hydrogen-bond acceptors (Lipinski definition) is 6. The Balaban J connectivity index is 1.99. The molecule has 1 unspecified atom stereocenters. The van der Waals surface area contributed by atoms with Crippen molar-refractivity contribution in [2.45, 2.75) is 37.9 Å². The SMILES string of the molecule is CN(c1cc(N)nnc1CC1(C(=O)O)C[C@@H](C(F)(F)F)CNC1=O)C1CC1. The average Bonchev–Trinajstić information content (AvgIpc) is 3.41. The molecule has 0 bridgehead atoms. The second-order valence-corrected chi connectivity index (χ2v) is 7.16. The Hall–Kier alpha value is -2.59. The van der Waals surface area contributed by atoms with Gasteiger partial charge in [0.2, 0.25) is 5.91 Å². The minimum atomic E-state index is -4.62. The van der Waals surface area contributed by atoms with Gasteiger partial charge in [0.15, 0.2) is 5.41 Å². The normalized spacial score (nSPS) is 25.8. The number of aromatic nitrogens is 2. The second-order valence-electron chi connectivity index (χ2n) is 7.16. The summed E-state index contributed by atoms with van der Waals surface area (Å²) in [5.41, 5.74) is 4.02. The van der Waals surface area contributed by atoms with Crippen LogP contribution in [-0.4, -0.2) is 53.0 Å². The minimum Gasteiger partial charge on any atom is -0.480 e. The Kier molecular flexibility index (Phi) is 4.64. The molecule has 1 amide bonds. The van der Waals surface area contributed by atoms with Gasteiger partial charge in [0, 0.05) is 32.1 Å². The van der Waals surface area contributed by atoms with Crippen LogP contribution in [0.25, 0.3) is 0 Å². The molecule has 2 atom stereocenters. The van der Waals surface area contributed by atoms with Crippen molar-refractivity contribution in [1.29, 1.82) is 0 Å². The van der Waals surface area contributed by atoms with Crippen LogP contribution in [-0.2, 0) is 16.0 Å². The maximum absolute atomic E-state index is 13.2. The molecule has 4 N–H and O–H groups in total. The number of carboxylic acids is 1. The predicted octanol–water partition coefficient (Wildman–Crippen LogP) is 0.969. The van der Waals surface area contributed by atoms with Crippen molar-refractivity contribution >= 4 is 23.4 Å². The van der Waals surface area contributed by atoms with Crippen LogP contribution in [0.4, 0.5) is 24.7 Å². The van der Waals surface area contributed by atoms with E-state index in [2.05, 4.69) is 15.5 Å². The van der Waals surface area contributed by atoms with Crippen LogP contribution in [0.3, 0.4) is 0 Å². The van der Waals surface area contributed by atoms with Gasteiger partial charge in [-0.1, -0.05) is 0 Å². The molecule has 0 radical (unpaired) electrons. The fourth-order valence-corrected chi connectivity index (χ4v) is 3.41. The average molecular weight is 387 g/mol. The summed E-state index contributed by atoms with van der Waals surface area (Å²) in [4.78, 5) is 26.2. The van der Waals surface area contributed by atoms with Gasteiger partial charge in [-0.25, -0.2) is 0 Å². The predicted molar refractivity (Wildman–Crippen MR) is 88.8 cm³/mol. The fourth-order valence-electron chi connectivity index (χ4n) is 3.41. The minimum absolute atomic E-state index is 0.104. The number of rotatable bonds is 5. The monoisotopic (exact) mass is 387 g/mol. The molecule has 2 fully saturated rings. The standard InChI is InChI=1S/C16H20F3N5O3/c1-24(9-2-3-9)11-4-12(20)23-22-10(11)6-15(14(26)27)5-8(16(17,18)19)7-21-13(15)25/h4,8-9H,2-3,5-7H2,1H3,(H2,20,23)(H,21,25)(H,26,27)/t8-,15?/m1/s1. The van der Waals surface area contributed by atoms with Gasteiger partial charge in [0.1, 0.15) is 5.82 Å². The molecular weight excluding hydrogens is 367 g/mol. The van der Waals surface area contributed by atoms with E-state index >= 15 is 0 Å². The molecule has 27 heavy (non-hydrogen) atoms. The van der Waals surface area contributed by atoms with E-state index < -0.39 is 48.8 Å². The molecule has 3 rings (SSSR count). The Morgan fingerprint density at radius 1 is 1.44 bits per heavy atom. The second kappa shape index (κ2) is 6.54. The van der Waals surface area contributed by atoms with Gasteiger partial charge in [-0.05, 0) is 19.3 Å². The summed E-state index contributed by atoms with van der Waals surface area (Å²) in [6.07, 6.45) is -4.11. The highest BCUT2D eigenvalue weighted by molar-refractivity contribution is 6.03. The van der Waals surface area contributed by atoms with Crippen LogP contribution >= 0.6 is 0 Å². The first-order valence-electron chi connectivity index (χ1n) is 8.48. The Labute approximate surface area is 152 Å². The summed E-state index contributed by atoms with van der Waals surface area (Å²) in [5.74, 6) is -4.41. The summed E-state index contributed by atoms with van der Waals surface area (Å²) >= 11 is 0. The van der Waals surface area contributed by atoms with Crippen molar-refractivity contribution in [3.63, 3.8) is 0 Å². The molecule has 148 valence electrons. The van der Waals surface area contributed by atoms with Crippen molar-refractivity contribution in [2.24, 2.45) is 11.3 Å². The number of halogens is 3. The van der Waals surface area contributed by atoms with E-state index in [-0.39, 0.29) is 17.6 Å². The van der Waals surface area contributed by atoms with Crippen molar-refractivity contribution in [2.75, 3.05) is 24.2 Å². The van der Waals surface area contributed by atoms with Crippen molar-refractivity contribution < 1.29 is 27.9 Å². The molecule has 2 heterocycles. The molecule has 1 aliphatic heterocycles. The van der Waals surface area contributed by atoms with Crippen LogP contribution in [0.15, 0.2) is 6.07 Å². The zero-order chi connectivity index (χ0) is 20.0. The topological polar surface area (TPSA) is 121 Å². The number of nitrogens with zero attached hydrogens (tertiary/aromatic N) is 3. The van der Waals surface area contributed by atoms with Crippen LogP contribution in [0.1, 0.15) is 25.0 Å². The molecule has 1 aromatic heterocycles. The van der Waals surface area contributed by atoms with Gasteiger partial charge >= 0.3 is 12.1 Å². The highest BCUT2D eigenvalue weighted by Gasteiger charge is 2.56. The van der Waals surface area contributed by atoms with Crippen LogP contribution in [0, 0.1) is 11.3 Å². The smallest absolute Gasteiger partial charge is 0.393 e. The largest absolute Gasteiger partial charge is 0.480 e. The summed E-state index contributed by atoms with van der Waals surface area (Å²) in [5, 5.41) is 19.4. The van der Waals surface area contributed by atoms with Gasteiger partial charge in [0.25, 0.3) is 0 Å². The molecule has 1 aliphatic carbocycles. The molecule has 2 aliphatic rings. The number of alkyl halides is 3. The Morgan fingerprint density at radius 2 is 2.11 bits per heavy atom. The lowest BCUT2D eigenvalue weighted by Gasteiger charge is -2.37. The maximum atomic E-state index is 13.2. The Bertz CT molecular complexity index is 768. The number of aliphatic carboxylic acids is 1. The van der Waals surface area contributed by atoms with E-state index in [4.69, 9.17) is 5.73 Å². The number of nitrogen functional groups attached to an aromatic ring is 1. The highest BCUT2D eigenvalue weighted by Crippen LogP contribution is 2.42. The molecule has 0 aromatic carbocycles. The lowest BCUT2D eigenvalue weighted by molar-refractivity contribution is -0.194. The number of amides is 1. The zero-order valence-electron chi connectivity index (χ0n) is 14.6. The number of hydrogen-bond donors (Lipinski definition) is 3. The summed E-state index contributed by atoms with van der Waals surface area (Å²) < 4.78 is 39.6. The van der Waals surface area contributed by atoms with Crippen LogP contribution in [0.2, 0.25) is 0 Å². The molecule has 0 spiro atoms. The zero-order valence-corrected chi connectivity index (χ0v) is 14.6. The maximum Gasteiger partial charge on any atom is 0.393 e. The van der Waals surface area contributed by atoms with Gasteiger partial charge in [-0.15, -0.1) is 5.10 Å². The lowest BCUT2D eigenvalue weighted by atomic mass is 9.72. The van der Waals surface area contributed by atoms with Crippen LogP contribution < -0.4 is 16.0 Å². The molecule has 1 saturated heterocycles. The van der Waals surface area contributed by atoms with E-state index in [0.29, 0.717) is 5.69 Å². The third-order valence-electron chi connectivity index (χ3n) is 5.22. The van der Waals surface area contributed by atoms with Crippen molar-refractivity contribution in [3.05, 3.63) is 11.8 Å². The van der Waals surface area contributed by atoms with E-state index in [9.17, 15) is 27.9 Å². The molecule has 11 heteroatoms. The molecule has 1 saturated carbocycles. The first kappa shape index (κ1) is 19.2. The van der Waals surface area contributed by atoms with E-state index in [0.717, 1.165) is 12.8 Å². The van der Waals surface area contributed by atoms with E-state index in [1.165, 1.54) is 6.07 Å². The van der Waals surface area contributed by atoms with Crippen molar-refractivity contribution in [1.82, 2.24) is 15.5 Å². The lowest BCUT2D eigenvalue weighted by Crippen LogP contribution is -2.57. The number of anilines is 2. The number of carboxylic acid groups (broad SMARTS) is 1. The number of nitrogens with two attached hydrogens (primary N) is 1. The first-order chi connectivity index (χ1) is 12.5. The Morgan fingerprint density at radius 3 is 2.67 bits per heavy atom. The summed E-state index contributed by atoms with van der Waals surface area (Å²) in [6.45, 7) is -0.639. The first-order valence-corrected chi connectivity index (χ1v) is 8.48. The van der Waals surface area contributed by atoms with E-state index in [1.807, 2.05) is 4.90 Å². The van der Waals surface area contributed by atoms with E-state index in [1.54, 1.807) is 7.05 Å². The summed E-state index contributed by atoms with van der Waals surface area (Å²) in [6, 6.07) is 1.72. The number of carbonyl (C=O) groups is 2. The molecule has 8 nitrogen and oxygen atoms in total. The third kappa shape index (κ3) is 3.62. The molecule has 1 aromatic rings. The number of carbonyl (C=O) groups excluding carboxylic acids is 1. The molecular formula is C16H20F3N5O3. The van der Waals surface area contributed by atoms with Gasteiger partial charge < -0.3 is 21.1 Å². The van der Waals surface area contributed by atoms with Crippen LogP contribution in [0.5, 0.6) is 0 Å². The fraction of sp³-hybridized carbons (Fsp3) is 0.625. The third-order valence-corrected chi connectivity index (χ3v) is 5.22. The number of piperidine rings is 1. The van der Waals surface area contributed by atoms with Gasteiger partial charge in [-0.2, -0.15) is 18.3 Å². The van der Waals surface area contributed by atoms with Crippen molar-refractivity contribution in [3.8, 4) is 0 Å².